The van der Waals surface area contributed by atoms with Crippen molar-refractivity contribution in [3.63, 3.8) is 0 Å². The maximum absolute atomic E-state index is 12.2. The summed E-state index contributed by atoms with van der Waals surface area (Å²) in [7, 11) is 1.57. The number of nitrogens with zero attached hydrogens (tertiary/aromatic N) is 1. The Morgan fingerprint density at radius 3 is 2.71 bits per heavy atom. The summed E-state index contributed by atoms with van der Waals surface area (Å²) in [6.07, 6.45) is 1.70. The molecule has 1 fully saturated rings. The number of ether oxygens (including phenoxy) is 1. The lowest BCUT2D eigenvalue weighted by Crippen LogP contribution is -2.19. The molecule has 5 nitrogen and oxygen atoms in total. The van der Waals surface area contributed by atoms with Crippen LogP contribution in [0.2, 0.25) is 5.02 Å². The summed E-state index contributed by atoms with van der Waals surface area (Å²) >= 11 is 7.45. The fourth-order valence-electron chi connectivity index (χ4n) is 2.63. The average molecular weight is 411 g/mol. The number of amides is 1. The van der Waals surface area contributed by atoms with E-state index in [-0.39, 0.29) is 5.91 Å². The van der Waals surface area contributed by atoms with E-state index < -0.39 is 0 Å². The summed E-state index contributed by atoms with van der Waals surface area (Å²) in [4.78, 5) is 17.2. The maximum Gasteiger partial charge on any atom is 0.264 e. The number of thioether (sulfide) groups is 1. The fourth-order valence-corrected chi connectivity index (χ4v) is 3.71. The van der Waals surface area contributed by atoms with Crippen molar-refractivity contribution >= 4 is 46.2 Å². The monoisotopic (exact) mass is 410 g/mol. The summed E-state index contributed by atoms with van der Waals surface area (Å²) in [5.74, 6) is 1.62. The number of para-hydroxylation sites is 1. The van der Waals surface area contributed by atoms with Gasteiger partial charge in [0, 0.05) is 11.6 Å². The molecule has 0 radical (unpaired) electrons. The molecule has 28 heavy (non-hydrogen) atoms. The van der Waals surface area contributed by atoms with E-state index in [4.69, 9.17) is 20.8 Å². The first-order valence-electron chi connectivity index (χ1n) is 8.41. The summed E-state index contributed by atoms with van der Waals surface area (Å²) in [6.45, 7) is 0. The molecule has 1 aliphatic heterocycles. The first-order valence-corrected chi connectivity index (χ1v) is 9.60. The van der Waals surface area contributed by atoms with Gasteiger partial charge in [0.15, 0.2) is 5.17 Å². The number of hydrogen-bond donors (Lipinski definition) is 1. The topological polar surface area (TPSA) is 63.8 Å². The van der Waals surface area contributed by atoms with Gasteiger partial charge in [0.25, 0.3) is 5.91 Å². The number of benzene rings is 2. The summed E-state index contributed by atoms with van der Waals surface area (Å²) < 4.78 is 11.0. The Balaban J connectivity index is 1.54. The second-order valence-corrected chi connectivity index (χ2v) is 7.31. The van der Waals surface area contributed by atoms with Gasteiger partial charge in [-0.2, -0.15) is 0 Å². The van der Waals surface area contributed by atoms with Gasteiger partial charge in [0.1, 0.15) is 17.3 Å². The molecule has 2 heterocycles. The van der Waals surface area contributed by atoms with Crippen LogP contribution in [0.5, 0.6) is 5.75 Å². The van der Waals surface area contributed by atoms with Crippen molar-refractivity contribution in [3.8, 4) is 17.1 Å². The molecule has 1 aliphatic rings. The second-order valence-electron chi connectivity index (χ2n) is 5.87. The molecule has 2 aromatic carbocycles. The number of rotatable bonds is 4. The predicted octanol–water partition coefficient (Wildman–Crippen LogP) is 5.50. The van der Waals surface area contributed by atoms with Crippen LogP contribution < -0.4 is 10.1 Å². The highest BCUT2D eigenvalue weighted by atomic mass is 35.5. The SMILES string of the molecule is COc1ccc(-c2ccc(C=C3SC(=Nc4ccccc4)NC3=O)o2)cc1Cl. The number of aliphatic imine (C=N–C) groups is 1. The molecule has 0 aliphatic carbocycles. The summed E-state index contributed by atoms with van der Waals surface area (Å²) in [5.41, 5.74) is 1.61. The molecule has 7 heteroatoms. The Kier molecular flexibility index (Phi) is 5.23. The number of amidine groups is 1. The zero-order valence-corrected chi connectivity index (χ0v) is 16.4. The minimum absolute atomic E-state index is 0.204. The molecule has 0 atom stereocenters. The number of nitrogens with one attached hydrogen (secondary N) is 1. The fraction of sp³-hybridized carbons (Fsp3) is 0.0476. The van der Waals surface area contributed by atoms with Crippen molar-refractivity contribution in [1.29, 1.82) is 0 Å². The van der Waals surface area contributed by atoms with Crippen LogP contribution in [0.25, 0.3) is 17.4 Å². The van der Waals surface area contributed by atoms with Crippen molar-refractivity contribution in [2.24, 2.45) is 4.99 Å². The number of halogens is 1. The smallest absolute Gasteiger partial charge is 0.264 e. The molecule has 1 amide bonds. The third kappa shape index (κ3) is 3.98. The van der Waals surface area contributed by atoms with Crippen molar-refractivity contribution in [3.05, 3.63) is 76.4 Å². The van der Waals surface area contributed by atoms with Crippen molar-refractivity contribution < 1.29 is 13.9 Å². The van der Waals surface area contributed by atoms with Crippen LogP contribution in [0.15, 0.2) is 75.0 Å². The van der Waals surface area contributed by atoms with Gasteiger partial charge in [-0.05, 0) is 54.2 Å². The normalized spacial score (nSPS) is 16.6. The van der Waals surface area contributed by atoms with Crippen LogP contribution in [0.4, 0.5) is 5.69 Å². The molecule has 0 spiro atoms. The minimum Gasteiger partial charge on any atom is -0.495 e. The van der Waals surface area contributed by atoms with Gasteiger partial charge in [-0.15, -0.1) is 0 Å². The van der Waals surface area contributed by atoms with Gasteiger partial charge >= 0.3 is 0 Å². The molecule has 4 rings (SSSR count). The van der Waals surface area contributed by atoms with Crippen LogP contribution in [-0.2, 0) is 4.79 Å². The van der Waals surface area contributed by atoms with Gasteiger partial charge in [0.2, 0.25) is 0 Å². The van der Waals surface area contributed by atoms with E-state index in [9.17, 15) is 4.79 Å². The molecule has 3 aromatic rings. The summed E-state index contributed by atoms with van der Waals surface area (Å²) in [6, 6.07) is 18.5. The molecular weight excluding hydrogens is 396 g/mol. The number of hydrogen-bond acceptors (Lipinski definition) is 5. The minimum atomic E-state index is -0.204. The second kappa shape index (κ2) is 7.96. The van der Waals surface area contributed by atoms with Crippen LogP contribution in [0.1, 0.15) is 5.76 Å². The molecule has 1 N–H and O–H groups in total. The third-order valence-corrected chi connectivity index (χ3v) is 5.18. The Morgan fingerprint density at radius 1 is 1.14 bits per heavy atom. The lowest BCUT2D eigenvalue weighted by molar-refractivity contribution is -0.115. The van der Waals surface area contributed by atoms with Crippen LogP contribution in [0.3, 0.4) is 0 Å². The van der Waals surface area contributed by atoms with Crippen LogP contribution in [0, 0.1) is 0 Å². The molecule has 140 valence electrons. The Bertz CT molecular complexity index is 1090. The van der Waals surface area contributed by atoms with Gasteiger partial charge in [-0.1, -0.05) is 29.8 Å². The van der Waals surface area contributed by atoms with E-state index >= 15 is 0 Å². The van der Waals surface area contributed by atoms with E-state index in [2.05, 4.69) is 10.3 Å². The Labute approximate surface area is 171 Å². The van der Waals surface area contributed by atoms with E-state index in [0.717, 1.165) is 11.3 Å². The Morgan fingerprint density at radius 2 is 1.96 bits per heavy atom. The molecule has 1 aromatic heterocycles. The highest BCUT2D eigenvalue weighted by Gasteiger charge is 2.24. The standard InChI is InChI=1S/C21H15ClN2O3S/c1-26-18-9-7-13(11-16(18)22)17-10-8-15(27-17)12-19-20(25)24-21(28-19)23-14-5-3-2-4-6-14/h2-12H,1H3,(H,23,24,25). The van der Waals surface area contributed by atoms with E-state index in [1.165, 1.54) is 11.8 Å². The van der Waals surface area contributed by atoms with Crippen LogP contribution >= 0.6 is 23.4 Å². The maximum atomic E-state index is 12.2. The summed E-state index contributed by atoms with van der Waals surface area (Å²) in [5, 5.41) is 3.81. The Hall–Kier alpha value is -2.96. The van der Waals surface area contributed by atoms with E-state index in [1.807, 2.05) is 42.5 Å². The first kappa shape index (κ1) is 18.4. The first-order chi connectivity index (χ1) is 13.6. The predicted molar refractivity (Wildman–Crippen MR) is 113 cm³/mol. The molecule has 0 bridgehead atoms. The average Bonchev–Trinajstić information content (AvgIpc) is 3.29. The molecule has 0 saturated carbocycles. The molecule has 1 saturated heterocycles. The molecule has 0 unspecified atom stereocenters. The van der Waals surface area contributed by atoms with Gasteiger partial charge in [-0.3, -0.25) is 4.79 Å². The highest BCUT2D eigenvalue weighted by Crippen LogP contribution is 2.33. The van der Waals surface area contributed by atoms with E-state index in [0.29, 0.717) is 32.4 Å². The quantitative estimate of drug-likeness (QED) is 0.577. The van der Waals surface area contributed by atoms with Crippen molar-refractivity contribution in [2.75, 3.05) is 7.11 Å². The number of carbonyl (C=O) groups excluding carboxylic acids is 1. The van der Waals surface area contributed by atoms with Gasteiger partial charge in [0.05, 0.1) is 22.7 Å². The zero-order chi connectivity index (χ0) is 19.5. The van der Waals surface area contributed by atoms with Crippen molar-refractivity contribution in [1.82, 2.24) is 5.32 Å². The third-order valence-electron chi connectivity index (χ3n) is 3.97. The number of carbonyl (C=O) groups is 1. The number of methoxy groups -OCH3 is 1. The highest BCUT2D eigenvalue weighted by molar-refractivity contribution is 8.18. The number of furan rings is 1. The van der Waals surface area contributed by atoms with Crippen LogP contribution in [-0.4, -0.2) is 18.2 Å². The lowest BCUT2D eigenvalue weighted by Gasteiger charge is -2.04. The van der Waals surface area contributed by atoms with Gasteiger partial charge in [-0.25, -0.2) is 4.99 Å². The van der Waals surface area contributed by atoms with E-state index in [1.54, 1.807) is 31.4 Å². The zero-order valence-electron chi connectivity index (χ0n) is 14.8. The van der Waals surface area contributed by atoms with Crippen molar-refractivity contribution in [2.45, 2.75) is 0 Å². The largest absolute Gasteiger partial charge is 0.495 e. The molecular formula is C21H15ClN2O3S. The van der Waals surface area contributed by atoms with Gasteiger partial charge < -0.3 is 14.5 Å². The lowest BCUT2D eigenvalue weighted by atomic mass is 10.2.